The molecule has 0 unspecified atom stereocenters. The summed E-state index contributed by atoms with van der Waals surface area (Å²) in [4.78, 5) is 1.98. The first-order valence-corrected chi connectivity index (χ1v) is 6.81. The first-order chi connectivity index (χ1) is 8.74. The maximum absolute atomic E-state index is 13.7. The van der Waals surface area contributed by atoms with Crippen molar-refractivity contribution in [1.29, 1.82) is 5.26 Å². The molecule has 3 nitrogen and oxygen atoms in total. The van der Waals surface area contributed by atoms with Crippen molar-refractivity contribution < 1.29 is 9.13 Å². The molecule has 0 saturated carbocycles. The highest BCUT2D eigenvalue weighted by molar-refractivity contribution is 9.08. The number of rotatable bonds is 7. The van der Waals surface area contributed by atoms with Crippen molar-refractivity contribution in [2.75, 3.05) is 31.7 Å². The normalized spacial score (nSPS) is 10.1. The van der Waals surface area contributed by atoms with Crippen LogP contribution in [-0.4, -0.2) is 26.8 Å². The van der Waals surface area contributed by atoms with E-state index >= 15 is 0 Å². The molecule has 0 atom stereocenters. The highest BCUT2D eigenvalue weighted by Crippen LogP contribution is 2.25. The summed E-state index contributed by atoms with van der Waals surface area (Å²) in [6.45, 7) is 1.76. The smallest absolute Gasteiger partial charge is 0.129 e. The molecule has 0 saturated heterocycles. The van der Waals surface area contributed by atoms with Crippen LogP contribution in [0.4, 0.5) is 10.1 Å². The maximum atomic E-state index is 13.7. The first kappa shape index (κ1) is 14.9. The number of nitriles is 1. The number of anilines is 1. The van der Waals surface area contributed by atoms with Crippen LogP contribution in [0.25, 0.3) is 0 Å². The molecule has 0 aromatic heterocycles. The largest absolute Gasteiger partial charge is 0.383 e. The molecule has 0 amide bonds. The van der Waals surface area contributed by atoms with E-state index in [4.69, 9.17) is 10.00 Å². The SMILES string of the molecule is COCCN(CCC#N)c1cccc(F)c1CBr. The summed E-state index contributed by atoms with van der Waals surface area (Å²) >= 11 is 3.30. The van der Waals surface area contributed by atoms with Crippen molar-refractivity contribution in [3.05, 3.63) is 29.6 Å². The molecule has 1 aromatic carbocycles. The fourth-order valence-electron chi connectivity index (χ4n) is 1.71. The van der Waals surface area contributed by atoms with Crippen LogP contribution < -0.4 is 4.90 Å². The molecule has 1 aromatic rings. The Kier molecular flexibility index (Phi) is 6.69. The second kappa shape index (κ2) is 8.06. The van der Waals surface area contributed by atoms with Gasteiger partial charge in [0.2, 0.25) is 0 Å². The van der Waals surface area contributed by atoms with Crippen LogP contribution in [0.1, 0.15) is 12.0 Å². The van der Waals surface area contributed by atoms with Gasteiger partial charge in [-0.25, -0.2) is 4.39 Å². The Bertz CT molecular complexity index is 420. The van der Waals surface area contributed by atoms with Crippen LogP contribution >= 0.6 is 15.9 Å². The Morgan fingerprint density at radius 1 is 1.44 bits per heavy atom. The molecule has 0 bridgehead atoms. The van der Waals surface area contributed by atoms with E-state index in [-0.39, 0.29) is 5.82 Å². The van der Waals surface area contributed by atoms with E-state index in [1.54, 1.807) is 13.2 Å². The zero-order chi connectivity index (χ0) is 13.4. The van der Waals surface area contributed by atoms with Crippen LogP contribution in [0.5, 0.6) is 0 Å². The standard InChI is InChI=1S/C13H16BrFN2O/c1-18-9-8-17(7-3-6-16)13-5-2-4-12(15)11(13)10-14/h2,4-5H,3,7-10H2,1H3. The quantitative estimate of drug-likeness (QED) is 0.726. The predicted octanol–water partition coefficient (Wildman–Crippen LogP) is 3.09. The van der Waals surface area contributed by atoms with Crippen LogP contribution in [0.15, 0.2) is 18.2 Å². The zero-order valence-electron chi connectivity index (χ0n) is 10.3. The predicted molar refractivity (Wildman–Crippen MR) is 73.4 cm³/mol. The van der Waals surface area contributed by atoms with Crippen LogP contribution in [0, 0.1) is 17.1 Å². The molecule has 5 heteroatoms. The van der Waals surface area contributed by atoms with Gasteiger partial charge in [-0.3, -0.25) is 0 Å². The Morgan fingerprint density at radius 2 is 2.22 bits per heavy atom. The number of hydrogen-bond acceptors (Lipinski definition) is 3. The van der Waals surface area contributed by atoms with Crippen LogP contribution in [0.2, 0.25) is 0 Å². The summed E-state index contributed by atoms with van der Waals surface area (Å²) in [5, 5.41) is 9.13. The third kappa shape index (κ3) is 3.97. The topological polar surface area (TPSA) is 36.3 Å². The van der Waals surface area contributed by atoms with Gasteiger partial charge in [0.25, 0.3) is 0 Å². The summed E-state index contributed by atoms with van der Waals surface area (Å²) in [6.07, 6.45) is 0.405. The molecular weight excluding hydrogens is 299 g/mol. The molecule has 98 valence electrons. The lowest BCUT2D eigenvalue weighted by molar-refractivity contribution is 0.205. The van der Waals surface area contributed by atoms with Gasteiger partial charge in [-0.05, 0) is 12.1 Å². The number of methoxy groups -OCH3 is 1. The van der Waals surface area contributed by atoms with Gasteiger partial charge in [-0.1, -0.05) is 22.0 Å². The lowest BCUT2D eigenvalue weighted by Crippen LogP contribution is -2.29. The van der Waals surface area contributed by atoms with Gasteiger partial charge in [0.1, 0.15) is 5.82 Å². The molecule has 0 aliphatic heterocycles. The van der Waals surface area contributed by atoms with Gasteiger partial charge in [-0.2, -0.15) is 5.26 Å². The fraction of sp³-hybridized carbons (Fsp3) is 0.462. The van der Waals surface area contributed by atoms with Gasteiger partial charge in [0.05, 0.1) is 19.1 Å². The van der Waals surface area contributed by atoms with Gasteiger partial charge in [-0.15, -0.1) is 0 Å². The van der Waals surface area contributed by atoms with Crippen molar-refractivity contribution in [3.63, 3.8) is 0 Å². The third-order valence-electron chi connectivity index (χ3n) is 2.63. The summed E-state index contributed by atoms with van der Waals surface area (Å²) in [7, 11) is 1.62. The van der Waals surface area contributed by atoms with Crippen molar-refractivity contribution in [1.82, 2.24) is 0 Å². The van der Waals surface area contributed by atoms with Crippen molar-refractivity contribution in [2.45, 2.75) is 11.8 Å². The third-order valence-corrected chi connectivity index (χ3v) is 3.19. The molecule has 0 fully saturated rings. The minimum Gasteiger partial charge on any atom is -0.383 e. The van der Waals surface area contributed by atoms with Crippen molar-refractivity contribution in [3.8, 4) is 6.07 Å². The lowest BCUT2D eigenvalue weighted by Gasteiger charge is -2.25. The van der Waals surface area contributed by atoms with Crippen molar-refractivity contribution >= 4 is 21.6 Å². The Morgan fingerprint density at radius 3 is 2.83 bits per heavy atom. The second-order valence-electron chi connectivity index (χ2n) is 3.76. The lowest BCUT2D eigenvalue weighted by atomic mass is 10.1. The summed E-state index contributed by atoms with van der Waals surface area (Å²) in [6, 6.07) is 7.10. The summed E-state index contributed by atoms with van der Waals surface area (Å²) < 4.78 is 18.7. The number of benzene rings is 1. The highest BCUT2D eigenvalue weighted by atomic mass is 79.9. The molecule has 0 aliphatic rings. The molecule has 0 heterocycles. The molecule has 0 radical (unpaired) electrons. The van der Waals surface area contributed by atoms with Crippen LogP contribution in [0.3, 0.4) is 0 Å². The minimum absolute atomic E-state index is 0.233. The van der Waals surface area contributed by atoms with E-state index in [0.717, 1.165) is 5.69 Å². The van der Waals surface area contributed by atoms with Gasteiger partial charge in [0, 0.05) is 36.8 Å². The Balaban J connectivity index is 2.96. The fourth-order valence-corrected chi connectivity index (χ4v) is 2.27. The average Bonchev–Trinajstić information content (AvgIpc) is 2.39. The number of nitrogens with zero attached hydrogens (tertiary/aromatic N) is 2. The Labute approximate surface area is 115 Å². The summed E-state index contributed by atoms with van der Waals surface area (Å²) in [5.41, 5.74) is 1.44. The minimum atomic E-state index is -0.233. The van der Waals surface area contributed by atoms with E-state index in [1.165, 1.54) is 6.07 Å². The zero-order valence-corrected chi connectivity index (χ0v) is 11.9. The van der Waals surface area contributed by atoms with E-state index in [0.29, 0.717) is 37.0 Å². The van der Waals surface area contributed by atoms with Gasteiger partial charge < -0.3 is 9.64 Å². The van der Waals surface area contributed by atoms with E-state index < -0.39 is 0 Å². The highest BCUT2D eigenvalue weighted by Gasteiger charge is 2.13. The number of ether oxygens (including phenoxy) is 1. The van der Waals surface area contributed by atoms with E-state index in [9.17, 15) is 4.39 Å². The van der Waals surface area contributed by atoms with Gasteiger partial charge >= 0.3 is 0 Å². The first-order valence-electron chi connectivity index (χ1n) is 5.68. The molecular formula is C13H16BrFN2O. The average molecular weight is 315 g/mol. The van der Waals surface area contributed by atoms with Crippen LogP contribution in [-0.2, 0) is 10.1 Å². The molecule has 0 aliphatic carbocycles. The van der Waals surface area contributed by atoms with Gasteiger partial charge in [0.15, 0.2) is 0 Å². The Hall–Kier alpha value is -1.12. The van der Waals surface area contributed by atoms with Crippen molar-refractivity contribution in [2.24, 2.45) is 0 Å². The number of hydrogen-bond donors (Lipinski definition) is 0. The molecule has 18 heavy (non-hydrogen) atoms. The van der Waals surface area contributed by atoms with E-state index in [2.05, 4.69) is 22.0 Å². The molecule has 0 N–H and O–H groups in total. The number of halogens is 2. The second-order valence-corrected chi connectivity index (χ2v) is 4.32. The monoisotopic (exact) mass is 314 g/mol. The number of alkyl halides is 1. The summed E-state index contributed by atoms with van der Waals surface area (Å²) in [5.74, 6) is -0.233. The molecule has 0 spiro atoms. The van der Waals surface area contributed by atoms with E-state index in [1.807, 2.05) is 11.0 Å². The molecule has 1 rings (SSSR count). The maximum Gasteiger partial charge on any atom is 0.129 e.